The third-order valence-corrected chi connectivity index (χ3v) is 4.33. The van der Waals surface area contributed by atoms with Crippen molar-refractivity contribution >= 4 is 41.8 Å². The Morgan fingerprint density at radius 2 is 1.86 bits per heavy atom. The summed E-state index contributed by atoms with van der Waals surface area (Å²) in [6.45, 7) is 8.24. The van der Waals surface area contributed by atoms with Gasteiger partial charge in [0.1, 0.15) is 0 Å². The second kappa shape index (κ2) is 9.37. The zero-order valence-corrected chi connectivity index (χ0v) is 18.1. The van der Waals surface area contributed by atoms with E-state index in [0.29, 0.717) is 17.8 Å². The van der Waals surface area contributed by atoms with Crippen LogP contribution in [0, 0.1) is 0 Å². The molecule has 0 atom stereocenters. The number of amides is 1. The summed E-state index contributed by atoms with van der Waals surface area (Å²) in [5.74, 6) is -0.173. The highest BCUT2D eigenvalue weighted by molar-refractivity contribution is 6.06. The maximum Gasteiger partial charge on any atom is 0.252 e. The van der Waals surface area contributed by atoms with Crippen molar-refractivity contribution in [3.8, 4) is 11.3 Å². The smallest absolute Gasteiger partial charge is 0.252 e. The largest absolute Gasteiger partial charge is 0.346 e. The number of fused-ring (bicyclic) bond motifs is 1. The molecule has 0 saturated carbocycles. The van der Waals surface area contributed by atoms with Gasteiger partial charge in [-0.3, -0.25) is 4.79 Å². The fraction of sp³-hybridized carbons (Fsp3) is 0.350. The summed E-state index contributed by atoms with van der Waals surface area (Å²) in [5.41, 5.74) is 8.24. The molecule has 2 aromatic heterocycles. The summed E-state index contributed by atoms with van der Waals surface area (Å²) in [6, 6.07) is 11.8. The van der Waals surface area contributed by atoms with E-state index in [2.05, 4.69) is 10.4 Å². The lowest BCUT2D eigenvalue weighted by Crippen LogP contribution is -2.48. The van der Waals surface area contributed by atoms with E-state index in [-0.39, 0.29) is 36.8 Å². The first-order valence-electron chi connectivity index (χ1n) is 8.78. The topological polar surface area (TPSA) is 85.8 Å². The Bertz CT molecular complexity index is 938. The molecule has 0 saturated heterocycles. The van der Waals surface area contributed by atoms with Gasteiger partial charge in [-0.15, -0.1) is 24.8 Å². The molecule has 0 aliphatic rings. The summed E-state index contributed by atoms with van der Waals surface area (Å²) < 4.78 is 1.84. The molecule has 28 heavy (non-hydrogen) atoms. The maximum atomic E-state index is 13.0. The molecule has 0 radical (unpaired) electrons. The van der Waals surface area contributed by atoms with Gasteiger partial charge >= 0.3 is 0 Å². The number of aromatic nitrogens is 3. The number of carbonyl (C=O) groups is 1. The number of halogens is 2. The van der Waals surface area contributed by atoms with Gasteiger partial charge in [0.25, 0.3) is 5.91 Å². The average Bonchev–Trinajstić information content (AvgIpc) is 3.05. The number of pyridine rings is 1. The van der Waals surface area contributed by atoms with Crippen LogP contribution in [0.1, 0.15) is 44.1 Å². The first kappa shape index (κ1) is 23.9. The number of hydrogen-bond acceptors (Lipinski definition) is 4. The Hall–Kier alpha value is -2.15. The van der Waals surface area contributed by atoms with Crippen LogP contribution in [0.2, 0.25) is 0 Å². The SMILES string of the molecule is CC(C)n1ncc2c(C(=O)NC(C)(C)CN)cc(-c3ccccc3)nc21.Cl.Cl. The number of benzene rings is 1. The van der Waals surface area contributed by atoms with Crippen molar-refractivity contribution in [1.29, 1.82) is 0 Å². The maximum absolute atomic E-state index is 13.0. The van der Waals surface area contributed by atoms with Gasteiger partial charge in [0.2, 0.25) is 0 Å². The lowest BCUT2D eigenvalue weighted by molar-refractivity contribution is 0.0917. The van der Waals surface area contributed by atoms with E-state index in [4.69, 9.17) is 10.7 Å². The normalized spacial score (nSPS) is 11.1. The van der Waals surface area contributed by atoms with E-state index in [1.165, 1.54) is 0 Å². The Morgan fingerprint density at radius 1 is 1.21 bits per heavy atom. The van der Waals surface area contributed by atoms with Crippen molar-refractivity contribution in [3.05, 3.63) is 48.2 Å². The van der Waals surface area contributed by atoms with Crippen molar-refractivity contribution in [2.75, 3.05) is 6.54 Å². The summed E-state index contributed by atoms with van der Waals surface area (Å²) >= 11 is 0. The number of rotatable bonds is 5. The first-order valence-corrected chi connectivity index (χ1v) is 8.78. The van der Waals surface area contributed by atoms with Gasteiger partial charge in [-0.05, 0) is 33.8 Å². The van der Waals surface area contributed by atoms with Crippen molar-refractivity contribution in [1.82, 2.24) is 20.1 Å². The second-order valence-electron chi connectivity index (χ2n) is 7.38. The van der Waals surface area contributed by atoms with Crippen molar-refractivity contribution in [3.63, 3.8) is 0 Å². The van der Waals surface area contributed by atoms with Gasteiger partial charge in [0.15, 0.2) is 5.65 Å². The van der Waals surface area contributed by atoms with E-state index >= 15 is 0 Å². The fourth-order valence-electron chi connectivity index (χ4n) is 2.77. The molecular formula is C20H27Cl2N5O. The highest BCUT2D eigenvalue weighted by Crippen LogP contribution is 2.26. The van der Waals surface area contributed by atoms with Crippen LogP contribution in [0.25, 0.3) is 22.3 Å². The third kappa shape index (κ3) is 4.82. The number of carbonyl (C=O) groups excluding carboxylic acids is 1. The number of hydrogen-bond donors (Lipinski definition) is 2. The Labute approximate surface area is 177 Å². The van der Waals surface area contributed by atoms with Crippen LogP contribution in [0.4, 0.5) is 0 Å². The van der Waals surface area contributed by atoms with Gasteiger partial charge in [0.05, 0.1) is 22.8 Å². The van der Waals surface area contributed by atoms with Gasteiger partial charge < -0.3 is 11.1 Å². The van der Waals surface area contributed by atoms with Crippen molar-refractivity contribution in [2.45, 2.75) is 39.3 Å². The minimum atomic E-state index is -0.492. The Balaban J connectivity index is 0.00000196. The molecule has 1 amide bonds. The molecule has 0 aliphatic carbocycles. The molecule has 2 heterocycles. The molecule has 6 nitrogen and oxygen atoms in total. The van der Waals surface area contributed by atoms with Crippen LogP contribution in [0.15, 0.2) is 42.6 Å². The van der Waals surface area contributed by atoms with Crippen molar-refractivity contribution < 1.29 is 4.79 Å². The van der Waals surface area contributed by atoms with Gasteiger partial charge in [0, 0.05) is 23.7 Å². The number of nitrogens with two attached hydrogens (primary N) is 1. The van der Waals surface area contributed by atoms with Gasteiger partial charge in [-0.1, -0.05) is 30.3 Å². The average molecular weight is 424 g/mol. The van der Waals surface area contributed by atoms with Crippen LogP contribution in [0.3, 0.4) is 0 Å². The molecule has 0 aliphatic heterocycles. The quantitative estimate of drug-likeness (QED) is 0.649. The third-order valence-electron chi connectivity index (χ3n) is 4.33. The monoisotopic (exact) mass is 423 g/mol. The summed E-state index contributed by atoms with van der Waals surface area (Å²) in [6.07, 6.45) is 1.71. The molecule has 0 spiro atoms. The van der Waals surface area contributed by atoms with E-state index in [1.807, 2.05) is 68.8 Å². The minimum Gasteiger partial charge on any atom is -0.346 e. The molecule has 3 N–H and O–H groups in total. The van der Waals surface area contributed by atoms with Crippen LogP contribution in [-0.2, 0) is 0 Å². The van der Waals surface area contributed by atoms with E-state index in [9.17, 15) is 4.79 Å². The predicted octanol–water partition coefficient (Wildman–Crippen LogP) is 3.99. The number of nitrogens with zero attached hydrogens (tertiary/aromatic N) is 3. The van der Waals surface area contributed by atoms with Crippen LogP contribution in [-0.4, -0.2) is 32.8 Å². The molecule has 3 rings (SSSR count). The van der Waals surface area contributed by atoms with Gasteiger partial charge in [-0.25, -0.2) is 9.67 Å². The summed E-state index contributed by atoms with van der Waals surface area (Å²) in [7, 11) is 0. The highest BCUT2D eigenvalue weighted by Gasteiger charge is 2.23. The molecule has 8 heteroatoms. The van der Waals surface area contributed by atoms with Crippen LogP contribution in [0.5, 0.6) is 0 Å². The molecule has 0 fully saturated rings. The van der Waals surface area contributed by atoms with Crippen LogP contribution >= 0.6 is 24.8 Å². The molecule has 3 aromatic rings. The first-order chi connectivity index (χ1) is 12.3. The Kier molecular flexibility index (Phi) is 7.99. The molecule has 0 bridgehead atoms. The van der Waals surface area contributed by atoms with Crippen LogP contribution < -0.4 is 11.1 Å². The Morgan fingerprint density at radius 3 is 2.43 bits per heavy atom. The van der Waals surface area contributed by atoms with E-state index in [1.54, 1.807) is 6.20 Å². The summed E-state index contributed by atoms with van der Waals surface area (Å²) in [5, 5.41) is 8.18. The van der Waals surface area contributed by atoms with Gasteiger partial charge in [-0.2, -0.15) is 5.10 Å². The zero-order chi connectivity index (χ0) is 18.9. The minimum absolute atomic E-state index is 0. The molecular weight excluding hydrogens is 397 g/mol. The molecule has 152 valence electrons. The lowest BCUT2D eigenvalue weighted by atomic mass is 10.0. The zero-order valence-electron chi connectivity index (χ0n) is 16.5. The van der Waals surface area contributed by atoms with E-state index < -0.39 is 5.54 Å². The van der Waals surface area contributed by atoms with E-state index in [0.717, 1.165) is 16.6 Å². The predicted molar refractivity (Wildman–Crippen MR) is 118 cm³/mol. The van der Waals surface area contributed by atoms with Crippen molar-refractivity contribution in [2.24, 2.45) is 5.73 Å². The lowest BCUT2D eigenvalue weighted by Gasteiger charge is -2.24. The standard InChI is InChI=1S/C20H25N5O.2ClH/c1-13(2)25-18-16(11-22-25)15(19(26)24-20(3,4)12-21)10-17(23-18)14-8-6-5-7-9-14;;/h5-11,13H,12,21H2,1-4H3,(H,24,26);2*1H. The highest BCUT2D eigenvalue weighted by atomic mass is 35.5. The second-order valence-corrected chi connectivity index (χ2v) is 7.38. The molecule has 0 unspecified atom stereocenters. The number of nitrogens with one attached hydrogen (secondary N) is 1. The fourth-order valence-corrected chi connectivity index (χ4v) is 2.77. The molecule has 1 aromatic carbocycles. The summed E-state index contributed by atoms with van der Waals surface area (Å²) in [4.78, 5) is 17.7.